The van der Waals surface area contributed by atoms with E-state index in [2.05, 4.69) is 43.7 Å². The number of aromatic amines is 2. The first-order valence-corrected chi connectivity index (χ1v) is 11.4. The molecule has 0 aliphatic carbocycles. The molecule has 4 rings (SSSR count). The Balaban J connectivity index is 1.55. The third-order valence-electron chi connectivity index (χ3n) is 5.91. The van der Waals surface area contributed by atoms with Gasteiger partial charge >= 0.3 is 0 Å². The molecule has 0 spiro atoms. The fraction of sp³-hybridized carbons (Fsp3) is 0.167. The summed E-state index contributed by atoms with van der Waals surface area (Å²) in [6.45, 7) is 7.99. The van der Waals surface area contributed by atoms with E-state index in [1.807, 2.05) is 17.0 Å². The predicted octanol–water partition coefficient (Wildman–Crippen LogP) is -0.638. The van der Waals surface area contributed by atoms with Gasteiger partial charge in [0.2, 0.25) is 0 Å². The van der Waals surface area contributed by atoms with E-state index < -0.39 is 17.5 Å². The molecule has 3 aromatic rings. The third kappa shape index (κ3) is 5.05. The van der Waals surface area contributed by atoms with Gasteiger partial charge in [-0.05, 0) is 24.9 Å². The lowest BCUT2D eigenvalue weighted by molar-refractivity contribution is -0.126. The van der Waals surface area contributed by atoms with Crippen molar-refractivity contribution in [3.63, 3.8) is 0 Å². The lowest BCUT2D eigenvalue weighted by Gasteiger charge is -2.34. The van der Waals surface area contributed by atoms with Gasteiger partial charge in [0, 0.05) is 51.0 Å². The quantitative estimate of drug-likeness (QED) is 0.0990. The molecule has 0 atom stereocenters. The van der Waals surface area contributed by atoms with Crippen LogP contribution in [0.3, 0.4) is 0 Å². The van der Waals surface area contributed by atoms with Gasteiger partial charge in [-0.2, -0.15) is 10.3 Å². The molecule has 1 aliphatic rings. The first-order valence-electron chi connectivity index (χ1n) is 11.4. The summed E-state index contributed by atoms with van der Waals surface area (Å²) in [6, 6.07) is 5.47. The lowest BCUT2D eigenvalue weighted by Crippen LogP contribution is -2.51. The fourth-order valence-electron chi connectivity index (χ4n) is 3.98. The molecule has 0 bridgehead atoms. The molecule has 0 radical (unpaired) electrons. The number of Topliss-reactive ketones (excluding diaryl/α,β-unsaturated/α-hetero) is 1. The second-order valence-corrected chi connectivity index (χ2v) is 8.10. The van der Waals surface area contributed by atoms with Crippen LogP contribution in [0, 0.1) is 0 Å². The number of halogens is 1. The number of carbonyl (C=O) groups excluding carboxylic acids is 2. The van der Waals surface area contributed by atoms with Gasteiger partial charge in [0.05, 0.1) is 21.8 Å². The van der Waals surface area contributed by atoms with E-state index >= 15 is 0 Å². The van der Waals surface area contributed by atoms with Crippen molar-refractivity contribution < 1.29 is 14.0 Å². The Kier molecular flexibility index (Phi) is 7.72. The van der Waals surface area contributed by atoms with Gasteiger partial charge in [-0.1, -0.05) is 12.6 Å². The second kappa shape index (κ2) is 11.3. The number of allylic oxidation sites excluding steroid dienone is 1. The second-order valence-electron chi connectivity index (χ2n) is 8.10. The average molecular weight is 520 g/mol. The number of piperazine rings is 1. The van der Waals surface area contributed by atoms with E-state index in [0.29, 0.717) is 30.3 Å². The molecule has 14 heteroatoms. The van der Waals surface area contributed by atoms with Gasteiger partial charge in [0.25, 0.3) is 11.7 Å². The Labute approximate surface area is 216 Å². The van der Waals surface area contributed by atoms with E-state index in [0.717, 1.165) is 11.1 Å². The van der Waals surface area contributed by atoms with Crippen LogP contribution in [0.2, 0.25) is 0 Å². The number of aromatic nitrogens is 5. The molecule has 13 nitrogen and oxygen atoms in total. The number of amides is 1. The zero-order valence-electron chi connectivity index (χ0n) is 20.3. The SMILES string of the molecule is C=C/C(F)=c1/c(C(=O)C(=O)N2CCN(c3n[nH]nc3-c3ccccn3)CC2)c[nH]/c1=C(/N)N(N)/C=C\N=C. The molecule has 0 saturated carbocycles. The molecule has 0 unspecified atom stereocenters. The summed E-state index contributed by atoms with van der Waals surface area (Å²) >= 11 is 0. The van der Waals surface area contributed by atoms with Crippen molar-refractivity contribution in [2.75, 3.05) is 31.1 Å². The number of hydrogen-bond acceptors (Lipinski definition) is 10. The Hall–Kier alpha value is -5.11. The third-order valence-corrected chi connectivity index (χ3v) is 5.91. The van der Waals surface area contributed by atoms with Crippen molar-refractivity contribution in [1.29, 1.82) is 0 Å². The van der Waals surface area contributed by atoms with Crippen LogP contribution < -0.4 is 27.0 Å². The Morgan fingerprint density at radius 1 is 1.21 bits per heavy atom. The number of hydrogen-bond donors (Lipinski definition) is 4. The number of hydrazine groups is 1. The minimum absolute atomic E-state index is 0.00710. The molecule has 196 valence electrons. The number of carbonyl (C=O) groups is 2. The van der Waals surface area contributed by atoms with Crippen LogP contribution in [-0.4, -0.2) is 79.9 Å². The highest BCUT2D eigenvalue weighted by Gasteiger charge is 2.30. The highest BCUT2D eigenvalue weighted by Crippen LogP contribution is 2.25. The summed E-state index contributed by atoms with van der Waals surface area (Å²) < 4.78 is 14.8. The number of nitrogens with zero attached hydrogens (tertiary/aromatic N) is 7. The molecule has 1 fully saturated rings. The van der Waals surface area contributed by atoms with Crippen LogP contribution in [0.5, 0.6) is 0 Å². The lowest BCUT2D eigenvalue weighted by atomic mass is 10.1. The normalized spacial score (nSPS) is 15.3. The minimum atomic E-state index is -0.900. The van der Waals surface area contributed by atoms with Crippen molar-refractivity contribution >= 4 is 35.9 Å². The number of nitrogens with two attached hydrogens (primary N) is 2. The van der Waals surface area contributed by atoms with Gasteiger partial charge in [-0.25, -0.2) is 10.2 Å². The number of anilines is 1. The maximum absolute atomic E-state index is 14.8. The zero-order valence-corrected chi connectivity index (χ0v) is 20.3. The van der Waals surface area contributed by atoms with Gasteiger partial charge in [0.1, 0.15) is 11.6 Å². The van der Waals surface area contributed by atoms with Gasteiger partial charge in [-0.15, -0.1) is 5.10 Å². The largest absolute Gasteiger partial charge is 0.382 e. The van der Waals surface area contributed by atoms with Gasteiger partial charge < -0.3 is 20.5 Å². The minimum Gasteiger partial charge on any atom is -0.382 e. The van der Waals surface area contributed by atoms with Crippen molar-refractivity contribution in [2.24, 2.45) is 16.6 Å². The van der Waals surface area contributed by atoms with E-state index in [1.54, 1.807) is 12.3 Å². The predicted molar refractivity (Wildman–Crippen MR) is 140 cm³/mol. The summed E-state index contributed by atoms with van der Waals surface area (Å²) in [4.78, 5) is 40.3. The molecule has 38 heavy (non-hydrogen) atoms. The summed E-state index contributed by atoms with van der Waals surface area (Å²) in [7, 11) is 0. The van der Waals surface area contributed by atoms with Gasteiger partial charge in [-0.3, -0.25) is 24.6 Å². The topological polar surface area (TPSA) is 179 Å². The van der Waals surface area contributed by atoms with Crippen LogP contribution in [0.1, 0.15) is 10.4 Å². The summed E-state index contributed by atoms with van der Waals surface area (Å²) in [5.74, 6) is 3.80. The number of rotatable bonds is 8. The van der Waals surface area contributed by atoms with Crippen LogP contribution >= 0.6 is 0 Å². The monoisotopic (exact) mass is 519 g/mol. The van der Waals surface area contributed by atoms with E-state index in [-0.39, 0.29) is 35.0 Å². The van der Waals surface area contributed by atoms with Crippen LogP contribution in [-0.2, 0) is 4.79 Å². The first-order chi connectivity index (χ1) is 18.4. The van der Waals surface area contributed by atoms with Crippen molar-refractivity contribution in [3.8, 4) is 11.4 Å². The highest BCUT2D eigenvalue weighted by atomic mass is 19.1. The van der Waals surface area contributed by atoms with Crippen molar-refractivity contribution in [1.82, 2.24) is 35.3 Å². The summed E-state index contributed by atoms with van der Waals surface area (Å²) in [5, 5.41) is 11.8. The number of pyridine rings is 1. The van der Waals surface area contributed by atoms with Crippen molar-refractivity contribution in [2.45, 2.75) is 0 Å². The molecule has 6 N–H and O–H groups in total. The fourth-order valence-corrected chi connectivity index (χ4v) is 3.98. The Morgan fingerprint density at radius 3 is 2.63 bits per heavy atom. The Bertz CT molecular complexity index is 1500. The van der Waals surface area contributed by atoms with E-state index in [9.17, 15) is 14.0 Å². The first kappa shape index (κ1) is 26.0. The molecule has 1 aliphatic heterocycles. The molecule has 1 amide bonds. The smallest absolute Gasteiger partial charge is 0.295 e. The van der Waals surface area contributed by atoms with E-state index in [1.165, 1.54) is 23.5 Å². The summed E-state index contributed by atoms with van der Waals surface area (Å²) in [6.07, 6.45) is 6.36. The molecule has 0 aromatic carbocycles. The molecular formula is C24H26FN11O2. The number of H-pyrrole nitrogens is 2. The summed E-state index contributed by atoms with van der Waals surface area (Å²) in [5.41, 5.74) is 7.10. The van der Waals surface area contributed by atoms with E-state index in [4.69, 9.17) is 11.6 Å². The zero-order chi connectivity index (χ0) is 27.2. The molecular weight excluding hydrogens is 493 g/mol. The van der Waals surface area contributed by atoms with Crippen LogP contribution in [0.15, 0.2) is 60.6 Å². The number of nitrogens with one attached hydrogen (secondary N) is 2. The molecule has 1 saturated heterocycles. The maximum Gasteiger partial charge on any atom is 0.295 e. The number of aliphatic imine (C=N–C) groups is 1. The van der Waals surface area contributed by atoms with Crippen molar-refractivity contribution in [3.05, 3.63) is 71.8 Å². The maximum atomic E-state index is 14.8. The van der Waals surface area contributed by atoms with Crippen LogP contribution in [0.25, 0.3) is 23.0 Å². The Morgan fingerprint density at radius 2 is 1.97 bits per heavy atom. The molecule has 4 heterocycles. The van der Waals surface area contributed by atoms with Gasteiger partial charge in [0.15, 0.2) is 11.5 Å². The molecule has 3 aromatic heterocycles. The highest BCUT2D eigenvalue weighted by molar-refractivity contribution is 6.42. The van der Waals surface area contributed by atoms with Crippen LogP contribution in [0.4, 0.5) is 10.2 Å². The standard InChI is InChI=1S/C24H26FN11O2/c1-3-16(25)18-15(14-30-20(18)22(26)36(27)9-8-28-2)21(37)24(38)35-12-10-34(11-13-35)23-19(31-33-32-23)17-6-4-5-7-29-17/h3-9,14,30H,1-2,10-13,26-27H2,(H,31,32,33)/b9-8-,18-16+,22-20-. The number of ketones is 1. The average Bonchev–Trinajstić information content (AvgIpc) is 3.63.